The van der Waals surface area contributed by atoms with Crippen LogP contribution in [0, 0.1) is 0 Å². The Hall–Kier alpha value is -1.18. The first-order valence-electron chi connectivity index (χ1n) is 4.40. The highest BCUT2D eigenvalue weighted by atomic mass is 16.3. The van der Waals surface area contributed by atoms with Crippen LogP contribution in [-0.4, -0.2) is 11.7 Å². The van der Waals surface area contributed by atoms with Crippen molar-refractivity contribution in [2.45, 2.75) is 19.8 Å². The van der Waals surface area contributed by atoms with E-state index in [2.05, 4.69) is 12.2 Å². The van der Waals surface area contributed by atoms with Gasteiger partial charge < -0.3 is 10.4 Å². The summed E-state index contributed by atoms with van der Waals surface area (Å²) in [6.07, 6.45) is 1.98. The summed E-state index contributed by atoms with van der Waals surface area (Å²) in [5, 5.41) is 12.8. The third-order valence-electron chi connectivity index (χ3n) is 2.43. The van der Waals surface area contributed by atoms with Crippen LogP contribution in [0.15, 0.2) is 12.1 Å². The minimum Gasteiger partial charge on any atom is -0.508 e. The van der Waals surface area contributed by atoms with Crippen molar-refractivity contribution in [2.75, 3.05) is 11.9 Å². The lowest BCUT2D eigenvalue weighted by Gasteiger charge is -2.07. The van der Waals surface area contributed by atoms with Gasteiger partial charge in [0.05, 0.1) is 0 Å². The molecule has 0 atom stereocenters. The van der Waals surface area contributed by atoms with Gasteiger partial charge in [0.2, 0.25) is 0 Å². The van der Waals surface area contributed by atoms with Gasteiger partial charge >= 0.3 is 0 Å². The van der Waals surface area contributed by atoms with Crippen molar-refractivity contribution in [3.63, 3.8) is 0 Å². The Kier molecular flexibility index (Phi) is 1.68. The molecular formula is C10H13NO. The van der Waals surface area contributed by atoms with Gasteiger partial charge in [0.15, 0.2) is 0 Å². The highest BCUT2D eigenvalue weighted by Crippen LogP contribution is 2.33. The van der Waals surface area contributed by atoms with E-state index in [1.807, 2.05) is 6.07 Å². The summed E-state index contributed by atoms with van der Waals surface area (Å²) in [7, 11) is 0. The summed E-state index contributed by atoms with van der Waals surface area (Å²) in [5.74, 6) is 0.437. The molecule has 2 nitrogen and oxygen atoms in total. The Balaban J connectivity index is 2.57. The van der Waals surface area contributed by atoms with Crippen LogP contribution in [0.5, 0.6) is 5.75 Å². The molecule has 0 radical (unpaired) electrons. The summed E-state index contributed by atoms with van der Waals surface area (Å²) in [6, 6.07) is 3.79. The Morgan fingerprint density at radius 2 is 2.33 bits per heavy atom. The van der Waals surface area contributed by atoms with Crippen molar-refractivity contribution in [1.82, 2.24) is 0 Å². The molecule has 12 heavy (non-hydrogen) atoms. The van der Waals surface area contributed by atoms with Crippen LogP contribution in [0.1, 0.15) is 18.1 Å². The van der Waals surface area contributed by atoms with Gasteiger partial charge in [-0.25, -0.2) is 0 Å². The maximum Gasteiger partial charge on any atom is 0.120 e. The van der Waals surface area contributed by atoms with E-state index >= 15 is 0 Å². The number of aromatic hydroxyl groups is 1. The molecule has 0 bridgehead atoms. The second-order valence-electron chi connectivity index (χ2n) is 3.13. The third-order valence-corrected chi connectivity index (χ3v) is 2.43. The van der Waals surface area contributed by atoms with E-state index in [9.17, 15) is 5.11 Å². The fraction of sp³-hybridized carbons (Fsp3) is 0.400. The van der Waals surface area contributed by atoms with Crippen LogP contribution in [0.4, 0.5) is 5.69 Å². The topological polar surface area (TPSA) is 32.3 Å². The molecule has 1 heterocycles. The SMILES string of the molecule is CCc1ccc(O)c2c1NCC2. The normalized spacial score (nSPS) is 14.1. The van der Waals surface area contributed by atoms with Crippen molar-refractivity contribution >= 4 is 5.69 Å². The number of phenols is 1. The summed E-state index contributed by atoms with van der Waals surface area (Å²) in [4.78, 5) is 0. The lowest BCUT2D eigenvalue weighted by atomic mass is 10.0. The first-order valence-corrected chi connectivity index (χ1v) is 4.40. The average molecular weight is 163 g/mol. The Morgan fingerprint density at radius 3 is 3.08 bits per heavy atom. The molecule has 0 fully saturated rings. The van der Waals surface area contributed by atoms with Crippen molar-refractivity contribution < 1.29 is 5.11 Å². The molecule has 1 aliphatic heterocycles. The first kappa shape index (κ1) is 7.47. The highest BCUT2D eigenvalue weighted by molar-refractivity contribution is 5.65. The van der Waals surface area contributed by atoms with Crippen molar-refractivity contribution in [3.8, 4) is 5.75 Å². The molecule has 0 unspecified atom stereocenters. The number of nitrogens with one attached hydrogen (secondary N) is 1. The fourth-order valence-corrected chi connectivity index (χ4v) is 1.77. The summed E-state index contributed by atoms with van der Waals surface area (Å²) in [5.41, 5.74) is 3.56. The van der Waals surface area contributed by atoms with Crippen LogP contribution in [0.3, 0.4) is 0 Å². The molecule has 1 aromatic carbocycles. The number of rotatable bonds is 1. The zero-order chi connectivity index (χ0) is 8.55. The lowest BCUT2D eigenvalue weighted by Crippen LogP contribution is -1.94. The van der Waals surface area contributed by atoms with Crippen LogP contribution >= 0.6 is 0 Å². The Bertz CT molecular complexity index is 307. The number of anilines is 1. The molecule has 0 aromatic heterocycles. The van der Waals surface area contributed by atoms with Gasteiger partial charge in [-0.15, -0.1) is 0 Å². The van der Waals surface area contributed by atoms with Crippen LogP contribution < -0.4 is 5.32 Å². The van der Waals surface area contributed by atoms with Crippen LogP contribution in [0.2, 0.25) is 0 Å². The van der Waals surface area contributed by atoms with E-state index in [0.717, 1.165) is 30.6 Å². The van der Waals surface area contributed by atoms with E-state index < -0.39 is 0 Å². The molecule has 0 saturated heterocycles. The van der Waals surface area contributed by atoms with Gasteiger partial charge in [-0.3, -0.25) is 0 Å². The standard InChI is InChI=1S/C10H13NO/c1-2-7-3-4-9(12)8-5-6-11-10(7)8/h3-4,11-12H,2,5-6H2,1H3. The smallest absolute Gasteiger partial charge is 0.120 e. The van der Waals surface area contributed by atoms with E-state index in [1.54, 1.807) is 6.07 Å². The van der Waals surface area contributed by atoms with Gasteiger partial charge in [0.1, 0.15) is 5.75 Å². The predicted molar refractivity (Wildman–Crippen MR) is 49.7 cm³/mol. The maximum absolute atomic E-state index is 9.51. The molecule has 2 N–H and O–H groups in total. The quantitative estimate of drug-likeness (QED) is 0.663. The van der Waals surface area contributed by atoms with Crippen molar-refractivity contribution in [3.05, 3.63) is 23.3 Å². The zero-order valence-electron chi connectivity index (χ0n) is 7.22. The van der Waals surface area contributed by atoms with E-state index in [0.29, 0.717) is 5.75 Å². The first-order chi connectivity index (χ1) is 5.83. The van der Waals surface area contributed by atoms with Gasteiger partial charge in [0, 0.05) is 17.8 Å². The number of phenolic OH excluding ortho intramolecular Hbond substituents is 1. The minimum atomic E-state index is 0.437. The van der Waals surface area contributed by atoms with Crippen LogP contribution in [-0.2, 0) is 12.8 Å². The summed E-state index contributed by atoms with van der Waals surface area (Å²) in [6.45, 7) is 3.09. The molecule has 0 saturated carbocycles. The molecular weight excluding hydrogens is 150 g/mol. The molecule has 64 valence electrons. The highest BCUT2D eigenvalue weighted by Gasteiger charge is 2.16. The van der Waals surface area contributed by atoms with E-state index in [4.69, 9.17) is 0 Å². The van der Waals surface area contributed by atoms with Gasteiger partial charge in [-0.2, -0.15) is 0 Å². The molecule has 0 spiro atoms. The van der Waals surface area contributed by atoms with E-state index in [1.165, 1.54) is 5.56 Å². The number of aryl methyl sites for hydroxylation is 1. The monoisotopic (exact) mass is 163 g/mol. The number of hydrogen-bond acceptors (Lipinski definition) is 2. The summed E-state index contributed by atoms with van der Waals surface area (Å²) < 4.78 is 0. The van der Waals surface area contributed by atoms with Crippen molar-refractivity contribution in [2.24, 2.45) is 0 Å². The zero-order valence-corrected chi connectivity index (χ0v) is 7.22. The second kappa shape index (κ2) is 2.70. The van der Waals surface area contributed by atoms with Gasteiger partial charge in [-0.1, -0.05) is 13.0 Å². The molecule has 2 heteroatoms. The number of hydrogen-bond donors (Lipinski definition) is 2. The Labute approximate surface area is 72.2 Å². The van der Waals surface area contributed by atoms with Crippen molar-refractivity contribution in [1.29, 1.82) is 0 Å². The number of benzene rings is 1. The van der Waals surface area contributed by atoms with Crippen LogP contribution in [0.25, 0.3) is 0 Å². The van der Waals surface area contributed by atoms with E-state index in [-0.39, 0.29) is 0 Å². The average Bonchev–Trinajstić information content (AvgIpc) is 2.54. The third kappa shape index (κ3) is 0.951. The lowest BCUT2D eigenvalue weighted by molar-refractivity contribution is 0.470. The molecule has 2 rings (SSSR count). The summed E-state index contributed by atoms with van der Waals surface area (Å²) >= 11 is 0. The fourth-order valence-electron chi connectivity index (χ4n) is 1.77. The molecule has 0 aliphatic carbocycles. The number of fused-ring (bicyclic) bond motifs is 1. The second-order valence-corrected chi connectivity index (χ2v) is 3.13. The Morgan fingerprint density at radius 1 is 1.50 bits per heavy atom. The van der Waals surface area contributed by atoms with Gasteiger partial charge in [0.25, 0.3) is 0 Å². The molecule has 1 aliphatic rings. The molecule has 1 aromatic rings. The van der Waals surface area contributed by atoms with Gasteiger partial charge in [-0.05, 0) is 24.5 Å². The maximum atomic E-state index is 9.51. The minimum absolute atomic E-state index is 0.437. The largest absolute Gasteiger partial charge is 0.508 e. The predicted octanol–water partition coefficient (Wildman–Crippen LogP) is 1.92. The molecule has 0 amide bonds.